The summed E-state index contributed by atoms with van der Waals surface area (Å²) in [6, 6.07) is 13.0. The molecule has 0 bridgehead atoms. The molecule has 1 aliphatic rings. The number of amides is 3. The van der Waals surface area contributed by atoms with Crippen LogP contribution in [-0.2, 0) is 20.7 Å². The van der Waals surface area contributed by atoms with Crippen LogP contribution in [0.15, 0.2) is 42.5 Å². The molecule has 1 saturated carbocycles. The molecule has 214 valence electrons. The lowest BCUT2D eigenvalue weighted by Gasteiger charge is -2.38. The van der Waals surface area contributed by atoms with Gasteiger partial charge in [-0.3, -0.25) is 9.59 Å². The lowest BCUT2D eigenvalue weighted by Crippen LogP contribution is -2.56. The number of hydrogen-bond acceptors (Lipinski definition) is 6. The van der Waals surface area contributed by atoms with Crippen molar-refractivity contribution in [2.45, 2.75) is 77.5 Å². The summed E-state index contributed by atoms with van der Waals surface area (Å²) in [4.78, 5) is 41.4. The summed E-state index contributed by atoms with van der Waals surface area (Å²) in [7, 11) is 0. The third-order valence-electron chi connectivity index (χ3n) is 7.36. The van der Waals surface area contributed by atoms with Crippen molar-refractivity contribution in [3.8, 4) is 0 Å². The normalized spacial score (nSPS) is 15.8. The molecule has 0 aliphatic heterocycles. The molecule has 9 nitrogen and oxygen atoms in total. The number of hydrogen-bond donors (Lipinski definition) is 4. The summed E-state index contributed by atoms with van der Waals surface area (Å²) in [6.45, 7) is 5.77. The average Bonchev–Trinajstić information content (AvgIpc) is 2.94. The second kappa shape index (κ2) is 14.3. The highest BCUT2D eigenvalue weighted by Crippen LogP contribution is 2.28. The Morgan fingerprint density at radius 1 is 1.10 bits per heavy atom. The van der Waals surface area contributed by atoms with E-state index in [0.717, 1.165) is 48.4 Å². The fourth-order valence-corrected chi connectivity index (χ4v) is 5.03. The SMILES string of the molecule is CCOC(=O)N(CC(C)(C)C(=O)N[C@H](Cc1ccc2ccccc2c1)C(=O)NCC(O)CN)C1CCCCC1. The molecule has 1 fully saturated rings. The van der Waals surface area contributed by atoms with Gasteiger partial charge in [0, 0.05) is 32.1 Å². The maximum absolute atomic E-state index is 13.6. The van der Waals surface area contributed by atoms with Crippen molar-refractivity contribution >= 4 is 28.7 Å². The number of benzene rings is 2. The minimum absolute atomic E-state index is 0.0128. The van der Waals surface area contributed by atoms with E-state index in [-0.39, 0.29) is 44.6 Å². The molecule has 9 heteroatoms. The zero-order chi connectivity index (χ0) is 28.4. The van der Waals surface area contributed by atoms with Crippen molar-refractivity contribution in [2.24, 2.45) is 11.1 Å². The number of aliphatic hydroxyl groups excluding tert-OH is 1. The van der Waals surface area contributed by atoms with Gasteiger partial charge in [-0.1, -0.05) is 61.7 Å². The molecule has 1 aliphatic carbocycles. The first-order chi connectivity index (χ1) is 18.6. The van der Waals surface area contributed by atoms with Crippen molar-refractivity contribution in [1.82, 2.24) is 15.5 Å². The quantitative estimate of drug-likeness (QED) is 0.327. The zero-order valence-electron chi connectivity index (χ0n) is 23.4. The molecule has 1 unspecified atom stereocenters. The fraction of sp³-hybridized carbons (Fsp3) is 0.567. The maximum atomic E-state index is 13.6. The number of nitrogens with one attached hydrogen (secondary N) is 2. The topological polar surface area (TPSA) is 134 Å². The van der Waals surface area contributed by atoms with E-state index in [1.807, 2.05) is 42.5 Å². The Balaban J connectivity index is 1.79. The summed E-state index contributed by atoms with van der Waals surface area (Å²) in [5.41, 5.74) is 5.40. The smallest absolute Gasteiger partial charge is 0.410 e. The Hall–Kier alpha value is -3.17. The van der Waals surface area contributed by atoms with E-state index < -0.39 is 29.6 Å². The molecular formula is C30H44N4O5. The van der Waals surface area contributed by atoms with Gasteiger partial charge in [-0.25, -0.2) is 4.79 Å². The molecule has 5 N–H and O–H groups in total. The van der Waals surface area contributed by atoms with Crippen LogP contribution >= 0.6 is 0 Å². The number of carbonyl (C=O) groups is 3. The van der Waals surface area contributed by atoms with Gasteiger partial charge in [0.1, 0.15) is 6.04 Å². The van der Waals surface area contributed by atoms with Crippen molar-refractivity contribution in [3.63, 3.8) is 0 Å². The van der Waals surface area contributed by atoms with Crippen LogP contribution in [0, 0.1) is 5.41 Å². The zero-order valence-corrected chi connectivity index (χ0v) is 23.4. The summed E-state index contributed by atoms with van der Waals surface area (Å²) in [5.74, 6) is -0.748. The fourth-order valence-electron chi connectivity index (χ4n) is 5.03. The standard InChI is InChI=1S/C30H44N4O5/c1-4-39-29(38)34(24-12-6-5-7-13-24)20-30(2,3)28(37)33-26(27(36)32-19-25(35)18-31)17-21-14-15-22-10-8-9-11-23(22)16-21/h8-11,14-16,24-26,35H,4-7,12-13,17-20,31H2,1-3H3,(H,32,36)(H,33,37)/t25?,26-/m1/s1. The molecule has 0 heterocycles. The van der Waals surface area contributed by atoms with Crippen LogP contribution in [0.3, 0.4) is 0 Å². The molecule has 0 saturated heterocycles. The van der Waals surface area contributed by atoms with Gasteiger partial charge in [0.25, 0.3) is 0 Å². The number of ether oxygens (including phenoxy) is 1. The van der Waals surface area contributed by atoms with Gasteiger partial charge in [-0.15, -0.1) is 0 Å². The molecule has 0 radical (unpaired) electrons. The first-order valence-corrected chi connectivity index (χ1v) is 14.0. The van der Waals surface area contributed by atoms with Crippen LogP contribution in [0.4, 0.5) is 4.79 Å². The Kier molecular flexibility index (Phi) is 11.1. The van der Waals surface area contributed by atoms with E-state index in [9.17, 15) is 19.5 Å². The average molecular weight is 541 g/mol. The number of rotatable bonds is 12. The largest absolute Gasteiger partial charge is 0.450 e. The molecule has 3 amide bonds. The van der Waals surface area contributed by atoms with Crippen LogP contribution in [0.5, 0.6) is 0 Å². The van der Waals surface area contributed by atoms with E-state index in [4.69, 9.17) is 10.5 Å². The minimum atomic E-state index is -0.983. The highest BCUT2D eigenvalue weighted by atomic mass is 16.6. The minimum Gasteiger partial charge on any atom is -0.450 e. The molecule has 2 aromatic carbocycles. The first kappa shape index (κ1) is 30.4. The number of nitrogens with two attached hydrogens (primary N) is 1. The van der Waals surface area contributed by atoms with Crippen LogP contribution in [-0.4, -0.2) is 72.3 Å². The lowest BCUT2D eigenvalue weighted by atomic mass is 9.88. The summed E-state index contributed by atoms with van der Waals surface area (Å²) in [6.07, 6.45) is 3.96. The lowest BCUT2D eigenvalue weighted by molar-refractivity contribution is -0.135. The van der Waals surface area contributed by atoms with Gasteiger partial charge >= 0.3 is 6.09 Å². The van der Waals surface area contributed by atoms with Crippen LogP contribution in [0.1, 0.15) is 58.4 Å². The Morgan fingerprint density at radius 3 is 2.46 bits per heavy atom. The molecule has 0 aromatic heterocycles. The van der Waals surface area contributed by atoms with Gasteiger partial charge in [-0.05, 0) is 49.9 Å². The molecule has 0 spiro atoms. The first-order valence-electron chi connectivity index (χ1n) is 14.0. The Bertz CT molecular complexity index is 1120. The molecule has 2 atom stereocenters. The molecular weight excluding hydrogens is 496 g/mol. The summed E-state index contributed by atoms with van der Waals surface area (Å²) in [5, 5.41) is 17.6. The van der Waals surface area contributed by atoms with Crippen LogP contribution in [0.2, 0.25) is 0 Å². The monoisotopic (exact) mass is 540 g/mol. The third-order valence-corrected chi connectivity index (χ3v) is 7.36. The van der Waals surface area contributed by atoms with Crippen molar-refractivity contribution in [3.05, 3.63) is 48.0 Å². The van der Waals surface area contributed by atoms with Crippen molar-refractivity contribution in [1.29, 1.82) is 0 Å². The van der Waals surface area contributed by atoms with Gasteiger partial charge in [0.05, 0.1) is 18.1 Å². The number of carbonyl (C=O) groups excluding carboxylic acids is 3. The van der Waals surface area contributed by atoms with Crippen LogP contribution < -0.4 is 16.4 Å². The predicted octanol–water partition coefficient (Wildman–Crippen LogP) is 3.12. The van der Waals surface area contributed by atoms with Gasteiger partial charge in [-0.2, -0.15) is 0 Å². The van der Waals surface area contributed by atoms with E-state index >= 15 is 0 Å². The van der Waals surface area contributed by atoms with E-state index in [1.54, 1.807) is 25.7 Å². The van der Waals surface area contributed by atoms with Crippen molar-refractivity contribution < 1.29 is 24.2 Å². The number of fused-ring (bicyclic) bond motifs is 1. The van der Waals surface area contributed by atoms with Gasteiger partial charge in [0.15, 0.2) is 0 Å². The van der Waals surface area contributed by atoms with Crippen LogP contribution in [0.25, 0.3) is 10.8 Å². The molecule has 3 rings (SSSR count). The Morgan fingerprint density at radius 2 is 1.79 bits per heavy atom. The second-order valence-electron chi connectivity index (χ2n) is 11.0. The predicted molar refractivity (Wildman–Crippen MR) is 152 cm³/mol. The summed E-state index contributed by atoms with van der Waals surface area (Å²) >= 11 is 0. The summed E-state index contributed by atoms with van der Waals surface area (Å²) < 4.78 is 5.34. The van der Waals surface area contributed by atoms with E-state index in [0.29, 0.717) is 0 Å². The molecule has 39 heavy (non-hydrogen) atoms. The third kappa shape index (κ3) is 8.66. The maximum Gasteiger partial charge on any atom is 0.410 e. The van der Waals surface area contributed by atoms with E-state index in [1.165, 1.54) is 0 Å². The Labute approximate surface area is 231 Å². The number of nitrogens with zero attached hydrogens (tertiary/aromatic N) is 1. The number of aliphatic hydroxyl groups is 1. The van der Waals surface area contributed by atoms with E-state index in [2.05, 4.69) is 10.6 Å². The highest BCUT2D eigenvalue weighted by Gasteiger charge is 2.38. The van der Waals surface area contributed by atoms with Gasteiger partial charge in [0.2, 0.25) is 11.8 Å². The van der Waals surface area contributed by atoms with Gasteiger partial charge < -0.3 is 31.1 Å². The highest BCUT2D eigenvalue weighted by molar-refractivity contribution is 5.90. The van der Waals surface area contributed by atoms with Crippen molar-refractivity contribution in [2.75, 3.05) is 26.2 Å². The second-order valence-corrected chi connectivity index (χ2v) is 11.0. The molecule has 2 aromatic rings.